The molecule has 3 aromatic carbocycles. The molecule has 1 saturated heterocycles. The lowest BCUT2D eigenvalue weighted by molar-refractivity contribution is -0.384. The maximum atomic E-state index is 13.2. The van der Waals surface area contributed by atoms with E-state index < -0.39 is 11.1 Å². The fourth-order valence-corrected chi connectivity index (χ4v) is 7.89. The molecule has 10 nitrogen and oxygen atoms in total. The Balaban J connectivity index is 0.991. The van der Waals surface area contributed by atoms with Crippen molar-refractivity contribution < 1.29 is 19.2 Å². The number of non-ortho nitro benzene ring substituents is 1. The first kappa shape index (κ1) is 30.4. The minimum Gasteiger partial charge on any atom is -0.434 e. The largest absolute Gasteiger partial charge is 0.513 e. The first-order valence-electron chi connectivity index (χ1n) is 16.0. The maximum Gasteiger partial charge on any atom is 0.513 e. The van der Waals surface area contributed by atoms with Crippen molar-refractivity contribution in [3.63, 3.8) is 0 Å². The van der Waals surface area contributed by atoms with Gasteiger partial charge in [-0.05, 0) is 92.6 Å². The lowest BCUT2D eigenvalue weighted by Crippen LogP contribution is -2.34. The highest BCUT2D eigenvalue weighted by molar-refractivity contribution is 6.35. The van der Waals surface area contributed by atoms with Crippen molar-refractivity contribution in [3.05, 3.63) is 103 Å². The number of carbonyl (C=O) groups excluding carboxylic acids is 1. The number of hydrogen-bond acceptors (Lipinski definition) is 8. The van der Waals surface area contributed by atoms with E-state index in [1.165, 1.54) is 41.8 Å². The molecule has 1 spiro atoms. The Labute approximate surface area is 271 Å². The van der Waals surface area contributed by atoms with Crippen LogP contribution in [0.4, 0.5) is 10.5 Å². The van der Waals surface area contributed by atoms with Crippen LogP contribution in [0.3, 0.4) is 0 Å². The summed E-state index contributed by atoms with van der Waals surface area (Å²) in [5.41, 5.74) is 4.02. The first-order chi connectivity index (χ1) is 22.3. The molecule has 46 heavy (non-hydrogen) atoms. The number of ether oxygens (including phenoxy) is 2. The van der Waals surface area contributed by atoms with Gasteiger partial charge in [0.05, 0.1) is 38.6 Å². The SMILES string of the molecule is O=C(OCCCN1CCC(c2ccc3c(c2)C2(CCCCC2)c2nc(=O)c4c(Cl)cccc4n2-3)CC1)Oc1ccc([N+](=O)[O-])cc1. The highest BCUT2D eigenvalue weighted by Gasteiger charge is 2.46. The minimum absolute atomic E-state index is 0.0749. The van der Waals surface area contributed by atoms with E-state index in [9.17, 15) is 19.7 Å². The summed E-state index contributed by atoms with van der Waals surface area (Å²) in [6.07, 6.45) is 7.35. The second-order valence-electron chi connectivity index (χ2n) is 12.6. The number of nitrogens with zero attached hydrogens (tertiary/aromatic N) is 4. The van der Waals surface area contributed by atoms with Gasteiger partial charge >= 0.3 is 6.16 Å². The highest BCUT2D eigenvalue weighted by atomic mass is 35.5. The average molecular weight is 643 g/mol. The van der Waals surface area contributed by atoms with E-state index in [2.05, 4.69) is 27.7 Å². The maximum absolute atomic E-state index is 13.2. The molecule has 11 heteroatoms. The van der Waals surface area contributed by atoms with E-state index >= 15 is 0 Å². The Hall–Kier alpha value is -4.28. The molecule has 1 aliphatic carbocycles. The Morgan fingerprint density at radius 2 is 1.80 bits per heavy atom. The topological polar surface area (TPSA) is 117 Å². The molecule has 3 heterocycles. The molecule has 0 unspecified atom stereocenters. The standard InChI is InChI=1S/C35H35ClN4O6/c36-28-6-4-7-30-31(28)32(41)37-33-35(16-2-1-3-17-35)27-22-24(8-13-29(27)39(30)33)23-14-19-38(20-15-23)18-5-21-45-34(42)46-26-11-9-25(10-12-26)40(43)44/h4,6-13,22-23H,1-3,5,14-21H2. The Morgan fingerprint density at radius 1 is 1.04 bits per heavy atom. The van der Waals surface area contributed by atoms with Crippen LogP contribution in [0.5, 0.6) is 5.75 Å². The molecule has 0 N–H and O–H groups in total. The predicted octanol–water partition coefficient (Wildman–Crippen LogP) is 7.30. The van der Waals surface area contributed by atoms with Gasteiger partial charge in [0.1, 0.15) is 11.6 Å². The van der Waals surface area contributed by atoms with E-state index in [0.29, 0.717) is 22.7 Å². The van der Waals surface area contributed by atoms with Gasteiger partial charge in [0.25, 0.3) is 11.2 Å². The molecule has 4 aromatic rings. The Bertz CT molecular complexity index is 1860. The summed E-state index contributed by atoms with van der Waals surface area (Å²) >= 11 is 6.50. The monoisotopic (exact) mass is 642 g/mol. The molecule has 0 atom stereocenters. The van der Waals surface area contributed by atoms with Crippen LogP contribution >= 0.6 is 11.6 Å². The molecule has 1 aromatic heterocycles. The number of likely N-dealkylation sites (tertiary alicyclic amines) is 1. The van der Waals surface area contributed by atoms with Gasteiger partial charge in [0.15, 0.2) is 0 Å². The van der Waals surface area contributed by atoms with Crippen LogP contribution in [0.25, 0.3) is 16.6 Å². The number of rotatable bonds is 7. The predicted molar refractivity (Wildman–Crippen MR) is 174 cm³/mol. The van der Waals surface area contributed by atoms with Crippen LogP contribution in [0.15, 0.2) is 65.5 Å². The fourth-order valence-electron chi connectivity index (χ4n) is 7.64. The summed E-state index contributed by atoms with van der Waals surface area (Å²) in [6.45, 7) is 2.96. The van der Waals surface area contributed by atoms with Crippen LogP contribution in [0, 0.1) is 10.1 Å². The third-order valence-corrected chi connectivity index (χ3v) is 10.2. The third kappa shape index (κ3) is 5.54. The van der Waals surface area contributed by atoms with Crippen molar-refractivity contribution in [2.24, 2.45) is 0 Å². The van der Waals surface area contributed by atoms with Gasteiger partial charge in [-0.25, -0.2) is 4.79 Å². The fraction of sp³-hybridized carbons (Fsp3) is 0.400. The van der Waals surface area contributed by atoms with Gasteiger partial charge in [-0.3, -0.25) is 19.5 Å². The molecular weight excluding hydrogens is 608 g/mol. The summed E-state index contributed by atoms with van der Waals surface area (Å²) in [7, 11) is 0. The molecule has 238 valence electrons. The Kier molecular flexibility index (Phi) is 8.25. The van der Waals surface area contributed by atoms with E-state index in [1.807, 2.05) is 12.1 Å². The molecule has 3 aliphatic rings. The number of aromatic nitrogens is 2. The number of carbonyl (C=O) groups is 1. The van der Waals surface area contributed by atoms with Crippen molar-refractivity contribution in [3.8, 4) is 11.4 Å². The quantitative estimate of drug-likeness (QED) is 0.0678. The van der Waals surface area contributed by atoms with Crippen LogP contribution in [-0.4, -0.2) is 51.8 Å². The lowest BCUT2D eigenvalue weighted by Gasteiger charge is -2.35. The number of halogens is 1. The zero-order chi connectivity index (χ0) is 31.8. The van der Waals surface area contributed by atoms with Crippen molar-refractivity contribution in [2.75, 3.05) is 26.2 Å². The molecule has 0 amide bonds. The number of fused-ring (bicyclic) bond motifs is 7. The van der Waals surface area contributed by atoms with Gasteiger partial charge in [-0.1, -0.05) is 49.1 Å². The van der Waals surface area contributed by atoms with Crippen LogP contribution in [-0.2, 0) is 10.2 Å². The number of nitro benzene ring substituents is 1. The van der Waals surface area contributed by atoms with Crippen molar-refractivity contribution >= 4 is 34.3 Å². The van der Waals surface area contributed by atoms with Crippen LogP contribution < -0.4 is 10.3 Å². The summed E-state index contributed by atoms with van der Waals surface area (Å²) in [4.78, 5) is 42.7. The minimum atomic E-state index is -0.821. The van der Waals surface area contributed by atoms with E-state index in [1.54, 1.807) is 6.07 Å². The molecule has 2 aliphatic heterocycles. The number of nitro groups is 1. The van der Waals surface area contributed by atoms with E-state index in [4.69, 9.17) is 26.1 Å². The molecule has 7 rings (SSSR count). The van der Waals surface area contributed by atoms with Gasteiger partial charge in [-0.15, -0.1) is 0 Å². The van der Waals surface area contributed by atoms with Crippen molar-refractivity contribution in [2.45, 2.75) is 62.7 Å². The molecule has 1 saturated carbocycles. The number of benzene rings is 3. The van der Waals surface area contributed by atoms with Crippen LogP contribution in [0.1, 0.15) is 74.2 Å². The summed E-state index contributed by atoms with van der Waals surface area (Å²) < 4.78 is 12.5. The average Bonchev–Trinajstić information content (AvgIpc) is 3.32. The second-order valence-corrected chi connectivity index (χ2v) is 13.0. The number of piperidine rings is 1. The van der Waals surface area contributed by atoms with Crippen molar-refractivity contribution in [1.29, 1.82) is 0 Å². The van der Waals surface area contributed by atoms with Gasteiger partial charge in [0.2, 0.25) is 0 Å². The van der Waals surface area contributed by atoms with Gasteiger partial charge in [-0.2, -0.15) is 4.98 Å². The first-order valence-corrected chi connectivity index (χ1v) is 16.4. The third-order valence-electron chi connectivity index (χ3n) is 9.92. The summed E-state index contributed by atoms with van der Waals surface area (Å²) in [5, 5.41) is 11.7. The molecular formula is C35H35ClN4O6. The Morgan fingerprint density at radius 3 is 2.54 bits per heavy atom. The zero-order valence-electron chi connectivity index (χ0n) is 25.5. The van der Waals surface area contributed by atoms with Crippen LogP contribution in [0.2, 0.25) is 5.02 Å². The van der Waals surface area contributed by atoms with Gasteiger partial charge < -0.3 is 14.4 Å². The highest BCUT2D eigenvalue weighted by Crippen LogP contribution is 2.52. The summed E-state index contributed by atoms with van der Waals surface area (Å²) in [6, 6.07) is 17.8. The van der Waals surface area contributed by atoms with Crippen molar-refractivity contribution in [1.82, 2.24) is 14.5 Å². The summed E-state index contributed by atoms with van der Waals surface area (Å²) in [5.74, 6) is 1.51. The van der Waals surface area contributed by atoms with Gasteiger partial charge in [0, 0.05) is 18.7 Å². The second kappa shape index (κ2) is 12.5. The number of hydrogen-bond donors (Lipinski definition) is 0. The molecule has 0 radical (unpaired) electrons. The lowest BCUT2D eigenvalue weighted by atomic mass is 9.69. The molecule has 2 fully saturated rings. The smallest absolute Gasteiger partial charge is 0.434 e. The van der Waals surface area contributed by atoms with E-state index in [0.717, 1.165) is 75.2 Å². The van der Waals surface area contributed by atoms with E-state index in [-0.39, 0.29) is 29.0 Å². The zero-order valence-corrected chi connectivity index (χ0v) is 26.2. The normalized spacial score (nSPS) is 17.5. The molecule has 0 bridgehead atoms.